The minimum atomic E-state index is -0.845. The van der Waals surface area contributed by atoms with E-state index in [1.54, 1.807) is 0 Å². The molecule has 0 radical (unpaired) electrons. The van der Waals surface area contributed by atoms with E-state index in [0.29, 0.717) is 5.06 Å². The summed E-state index contributed by atoms with van der Waals surface area (Å²) >= 11 is 2.96. The summed E-state index contributed by atoms with van der Waals surface area (Å²) in [6.07, 6.45) is -0.266. The number of rotatable bonds is 4. The van der Waals surface area contributed by atoms with Crippen molar-refractivity contribution >= 4 is 33.7 Å². The van der Waals surface area contributed by atoms with E-state index < -0.39 is 28.9 Å². The van der Waals surface area contributed by atoms with Crippen molar-refractivity contribution in [3.8, 4) is 0 Å². The van der Waals surface area contributed by atoms with Gasteiger partial charge >= 0.3 is 5.97 Å². The average molecular weight is 374 g/mol. The lowest BCUT2D eigenvalue weighted by atomic mass is 10.4. The van der Waals surface area contributed by atoms with E-state index in [1.165, 1.54) is 7.05 Å². The Bertz CT molecular complexity index is 749. The Hall–Kier alpha value is -2.23. The van der Waals surface area contributed by atoms with Crippen molar-refractivity contribution in [2.24, 2.45) is 7.05 Å². The molecule has 0 spiro atoms. The van der Waals surface area contributed by atoms with Gasteiger partial charge in [0.15, 0.2) is 0 Å². The van der Waals surface area contributed by atoms with Crippen LogP contribution in [0, 0.1) is 0 Å². The van der Waals surface area contributed by atoms with E-state index in [0.717, 1.165) is 15.4 Å². The van der Waals surface area contributed by atoms with Gasteiger partial charge in [0.05, 0.1) is 17.4 Å². The Morgan fingerprint density at radius 2 is 1.82 bits per heavy atom. The van der Waals surface area contributed by atoms with Gasteiger partial charge in [0, 0.05) is 26.0 Å². The number of carbonyl (C=O) groups excluding carboxylic acids is 3. The number of imide groups is 1. The number of carbonyl (C=O) groups is 3. The van der Waals surface area contributed by atoms with Crippen molar-refractivity contribution in [1.29, 1.82) is 0 Å². The topological polar surface area (TPSA) is 108 Å². The van der Waals surface area contributed by atoms with Crippen LogP contribution in [-0.4, -0.2) is 32.2 Å². The normalized spacial score (nSPS) is 14.5. The van der Waals surface area contributed by atoms with Crippen LogP contribution in [0.1, 0.15) is 19.3 Å². The smallest absolute Gasteiger partial charge is 0.330 e. The molecular formula is C12H12BrN3O6. The van der Waals surface area contributed by atoms with Crippen LogP contribution in [0.25, 0.3) is 0 Å². The summed E-state index contributed by atoms with van der Waals surface area (Å²) in [6, 6.07) is 1.12. The first-order valence-corrected chi connectivity index (χ1v) is 7.14. The van der Waals surface area contributed by atoms with E-state index in [-0.39, 0.29) is 30.3 Å². The molecule has 9 nitrogen and oxygen atoms in total. The minimum absolute atomic E-state index is 0.00566. The van der Waals surface area contributed by atoms with Gasteiger partial charge in [0.25, 0.3) is 22.9 Å². The molecule has 0 atom stereocenters. The fraction of sp³-hybridized carbons (Fsp3) is 0.417. The van der Waals surface area contributed by atoms with Gasteiger partial charge in [-0.3, -0.25) is 23.9 Å². The van der Waals surface area contributed by atoms with Gasteiger partial charge in [0.2, 0.25) is 0 Å². The standard InChI is InChI=1S/C12H12BrN3O6/c1-14-10(19)6-7(13)12(21)15(14)5-4-11(20)22-16-8(17)2-3-9(16)18/h6H,2-5H2,1H3. The zero-order valence-electron chi connectivity index (χ0n) is 11.6. The highest BCUT2D eigenvalue weighted by Crippen LogP contribution is 2.12. The fourth-order valence-electron chi connectivity index (χ4n) is 1.90. The summed E-state index contributed by atoms with van der Waals surface area (Å²) in [7, 11) is 1.38. The lowest BCUT2D eigenvalue weighted by molar-refractivity contribution is -0.197. The van der Waals surface area contributed by atoms with E-state index in [9.17, 15) is 24.0 Å². The third-order valence-corrected chi connectivity index (χ3v) is 3.66. The van der Waals surface area contributed by atoms with Crippen molar-refractivity contribution in [2.45, 2.75) is 25.8 Å². The number of hydroxylamine groups is 2. The molecule has 0 saturated carbocycles. The zero-order valence-corrected chi connectivity index (χ0v) is 13.2. The monoisotopic (exact) mass is 373 g/mol. The van der Waals surface area contributed by atoms with Crippen molar-refractivity contribution in [3.63, 3.8) is 0 Å². The Morgan fingerprint density at radius 1 is 1.23 bits per heavy atom. The third-order valence-electron chi connectivity index (χ3n) is 3.10. The maximum Gasteiger partial charge on any atom is 0.335 e. The van der Waals surface area contributed by atoms with Crippen LogP contribution in [0.5, 0.6) is 0 Å². The van der Waals surface area contributed by atoms with Crippen LogP contribution < -0.4 is 11.1 Å². The molecule has 1 fully saturated rings. The van der Waals surface area contributed by atoms with Crippen molar-refractivity contribution < 1.29 is 19.2 Å². The highest BCUT2D eigenvalue weighted by Gasteiger charge is 2.32. The van der Waals surface area contributed by atoms with Gasteiger partial charge in [0.1, 0.15) is 0 Å². The summed E-state index contributed by atoms with van der Waals surface area (Å²) in [6.45, 7) is -0.126. The molecule has 118 valence electrons. The number of aromatic nitrogens is 2. The number of nitrogens with zero attached hydrogens (tertiary/aromatic N) is 3. The van der Waals surface area contributed by atoms with Gasteiger partial charge in [-0.1, -0.05) is 0 Å². The highest BCUT2D eigenvalue weighted by atomic mass is 79.9. The summed E-state index contributed by atoms with van der Waals surface area (Å²) in [4.78, 5) is 62.4. The largest absolute Gasteiger partial charge is 0.335 e. The van der Waals surface area contributed by atoms with Crippen molar-refractivity contribution in [1.82, 2.24) is 14.4 Å². The van der Waals surface area contributed by atoms with Crippen molar-refractivity contribution in [2.75, 3.05) is 0 Å². The molecule has 0 bridgehead atoms. The average Bonchev–Trinajstić information content (AvgIpc) is 2.77. The molecular weight excluding hydrogens is 362 g/mol. The van der Waals surface area contributed by atoms with Gasteiger partial charge < -0.3 is 4.84 Å². The summed E-state index contributed by atoms with van der Waals surface area (Å²) < 4.78 is 2.20. The molecule has 2 amide bonds. The Balaban J connectivity index is 2.06. The molecule has 1 aliphatic rings. The predicted molar refractivity (Wildman–Crippen MR) is 75.4 cm³/mol. The van der Waals surface area contributed by atoms with Crippen LogP contribution in [-0.2, 0) is 32.8 Å². The lowest BCUT2D eigenvalue weighted by Gasteiger charge is -2.14. The second kappa shape index (κ2) is 6.26. The molecule has 2 heterocycles. The molecule has 10 heteroatoms. The van der Waals surface area contributed by atoms with Crippen LogP contribution in [0.3, 0.4) is 0 Å². The second-order valence-corrected chi connectivity index (χ2v) is 5.43. The van der Waals surface area contributed by atoms with E-state index in [4.69, 9.17) is 0 Å². The highest BCUT2D eigenvalue weighted by molar-refractivity contribution is 9.10. The Morgan fingerprint density at radius 3 is 2.41 bits per heavy atom. The number of halogens is 1. The summed E-state index contributed by atoms with van der Waals surface area (Å²) in [5.41, 5.74) is -0.909. The Labute approximate surface area is 132 Å². The maximum atomic E-state index is 11.9. The van der Waals surface area contributed by atoms with E-state index in [1.807, 2.05) is 0 Å². The molecule has 1 aromatic heterocycles. The quantitative estimate of drug-likeness (QED) is 0.646. The van der Waals surface area contributed by atoms with Gasteiger partial charge in [-0.25, -0.2) is 9.48 Å². The van der Waals surface area contributed by atoms with Gasteiger partial charge in [-0.2, -0.15) is 0 Å². The van der Waals surface area contributed by atoms with Gasteiger partial charge in [-0.05, 0) is 15.9 Å². The summed E-state index contributed by atoms with van der Waals surface area (Å²) in [5.74, 6) is -2.00. The first kappa shape index (κ1) is 16.1. The molecule has 0 aliphatic carbocycles. The predicted octanol–water partition coefficient (Wildman–Crippen LogP) is -0.693. The number of hydrogen-bond acceptors (Lipinski definition) is 6. The van der Waals surface area contributed by atoms with E-state index in [2.05, 4.69) is 20.8 Å². The molecule has 2 rings (SSSR count). The van der Waals surface area contributed by atoms with Gasteiger partial charge in [-0.15, -0.1) is 5.06 Å². The van der Waals surface area contributed by atoms with Crippen LogP contribution in [0.2, 0.25) is 0 Å². The molecule has 1 aliphatic heterocycles. The SMILES string of the molecule is Cn1c(=O)cc(Br)c(=O)n1CCC(=O)ON1C(=O)CCC1=O. The molecule has 0 N–H and O–H groups in total. The molecule has 1 aromatic rings. The van der Waals surface area contributed by atoms with Crippen LogP contribution >= 0.6 is 15.9 Å². The second-order valence-electron chi connectivity index (χ2n) is 4.58. The van der Waals surface area contributed by atoms with Crippen LogP contribution in [0.15, 0.2) is 20.1 Å². The third kappa shape index (κ3) is 3.16. The number of amides is 2. The summed E-state index contributed by atoms with van der Waals surface area (Å²) in [5, 5.41) is 0.436. The number of hydrogen-bond donors (Lipinski definition) is 0. The first-order valence-electron chi connectivity index (χ1n) is 6.34. The molecule has 1 saturated heterocycles. The Kier molecular flexibility index (Phi) is 4.59. The molecule has 22 heavy (non-hydrogen) atoms. The molecule has 0 aromatic carbocycles. The van der Waals surface area contributed by atoms with E-state index >= 15 is 0 Å². The van der Waals surface area contributed by atoms with Crippen molar-refractivity contribution in [3.05, 3.63) is 31.2 Å². The first-order chi connectivity index (χ1) is 10.3. The minimum Gasteiger partial charge on any atom is -0.330 e. The lowest BCUT2D eigenvalue weighted by Crippen LogP contribution is -2.38. The zero-order chi connectivity index (χ0) is 16.4. The maximum absolute atomic E-state index is 11.9. The molecule has 0 unspecified atom stereocenters. The fourth-order valence-corrected chi connectivity index (χ4v) is 2.30. The van der Waals surface area contributed by atoms with Crippen LogP contribution in [0.4, 0.5) is 0 Å².